The minimum atomic E-state index is 0.674. The molecule has 4 atom stereocenters. The Bertz CT molecular complexity index is 345. The third-order valence-corrected chi connectivity index (χ3v) is 4.62. The van der Waals surface area contributed by atoms with E-state index in [4.69, 9.17) is 0 Å². The summed E-state index contributed by atoms with van der Waals surface area (Å²) in [7, 11) is 0. The molecule has 2 aliphatic rings. The van der Waals surface area contributed by atoms with Gasteiger partial charge in [-0.2, -0.15) is 0 Å². The summed E-state index contributed by atoms with van der Waals surface area (Å²) < 4.78 is 0. The van der Waals surface area contributed by atoms with E-state index in [2.05, 4.69) is 46.1 Å². The van der Waals surface area contributed by atoms with Crippen molar-refractivity contribution < 1.29 is 0 Å². The van der Waals surface area contributed by atoms with Crippen LogP contribution in [-0.2, 0) is 0 Å². The van der Waals surface area contributed by atoms with E-state index in [1.807, 2.05) is 0 Å². The fraction of sp³-hybridized carbons (Fsp3) is 0.647. The first kappa shape index (κ1) is 12.7. The Hall–Kier alpha value is -0.780. The van der Waals surface area contributed by atoms with E-state index in [9.17, 15) is 0 Å². The summed E-state index contributed by atoms with van der Waals surface area (Å²) in [5, 5.41) is 0. The van der Waals surface area contributed by atoms with Crippen molar-refractivity contribution in [2.45, 2.75) is 40.0 Å². The van der Waals surface area contributed by atoms with Crippen LogP contribution in [0.5, 0.6) is 0 Å². The lowest BCUT2D eigenvalue weighted by molar-refractivity contribution is 0.381. The molecule has 2 rings (SSSR count). The lowest BCUT2D eigenvalue weighted by Gasteiger charge is -2.24. The quantitative estimate of drug-likeness (QED) is 0.556. The van der Waals surface area contributed by atoms with Gasteiger partial charge >= 0.3 is 0 Å². The molecular weight excluding hydrogens is 204 g/mol. The standard InChI is InChI=1S/C17H26/c1-11(2)15-7-6-12(3)8-16-10-17(16)14(5)13(4)9-15/h6-7,11,13,15-17H,3,5,8-10H2,1-2,4H3/b7-6+. The van der Waals surface area contributed by atoms with E-state index in [-0.39, 0.29) is 0 Å². The highest BCUT2D eigenvalue weighted by atomic mass is 14.4. The van der Waals surface area contributed by atoms with E-state index in [1.54, 1.807) is 0 Å². The van der Waals surface area contributed by atoms with E-state index >= 15 is 0 Å². The molecule has 1 saturated carbocycles. The zero-order chi connectivity index (χ0) is 12.6. The second-order valence-corrected chi connectivity index (χ2v) is 6.44. The van der Waals surface area contributed by atoms with Gasteiger partial charge in [-0.15, -0.1) is 0 Å². The number of fused-ring (bicyclic) bond motifs is 1. The monoisotopic (exact) mass is 230 g/mol. The fourth-order valence-corrected chi connectivity index (χ4v) is 3.09. The molecule has 0 heterocycles. The molecule has 0 heteroatoms. The van der Waals surface area contributed by atoms with E-state index < -0.39 is 0 Å². The number of hydrogen-bond donors (Lipinski definition) is 0. The molecule has 0 spiro atoms. The fourth-order valence-electron chi connectivity index (χ4n) is 3.09. The zero-order valence-corrected chi connectivity index (χ0v) is 11.6. The average Bonchev–Trinajstić information content (AvgIpc) is 3.00. The highest BCUT2D eigenvalue weighted by Gasteiger charge is 2.40. The van der Waals surface area contributed by atoms with E-state index in [1.165, 1.54) is 30.4 Å². The van der Waals surface area contributed by atoms with Crippen molar-refractivity contribution >= 4 is 0 Å². The molecule has 0 amide bonds. The lowest BCUT2D eigenvalue weighted by atomic mass is 9.81. The molecule has 1 fully saturated rings. The highest BCUT2D eigenvalue weighted by Crippen LogP contribution is 2.50. The van der Waals surface area contributed by atoms with Crippen molar-refractivity contribution in [1.82, 2.24) is 0 Å². The summed E-state index contributed by atoms with van der Waals surface area (Å²) >= 11 is 0. The molecular formula is C17H26. The molecule has 4 unspecified atom stereocenters. The molecule has 0 aromatic carbocycles. The number of hydrogen-bond acceptors (Lipinski definition) is 0. The molecule has 0 radical (unpaired) electrons. The van der Waals surface area contributed by atoms with Gasteiger partial charge in [0.1, 0.15) is 0 Å². The maximum atomic E-state index is 4.36. The van der Waals surface area contributed by atoms with Crippen LogP contribution in [0.15, 0.2) is 36.5 Å². The van der Waals surface area contributed by atoms with Crippen molar-refractivity contribution in [3.63, 3.8) is 0 Å². The Morgan fingerprint density at radius 2 is 1.94 bits per heavy atom. The Balaban J connectivity index is 2.15. The Labute approximate surface area is 106 Å². The lowest BCUT2D eigenvalue weighted by Crippen LogP contribution is -2.13. The summed E-state index contributed by atoms with van der Waals surface area (Å²) in [6.07, 6.45) is 8.45. The van der Waals surface area contributed by atoms with E-state index in [0.717, 1.165) is 11.8 Å². The van der Waals surface area contributed by atoms with Crippen LogP contribution in [0.1, 0.15) is 40.0 Å². The summed E-state index contributed by atoms with van der Waals surface area (Å²) in [5.74, 6) is 3.70. The van der Waals surface area contributed by atoms with Gasteiger partial charge in [0, 0.05) is 0 Å². The van der Waals surface area contributed by atoms with Crippen molar-refractivity contribution in [2.24, 2.45) is 29.6 Å². The summed E-state index contributed by atoms with van der Waals surface area (Å²) in [4.78, 5) is 0. The SMILES string of the molecule is C=C1/C=C/C(C(C)C)CC(C)C(=C)C2CC2C1. The molecule has 0 bridgehead atoms. The van der Waals surface area contributed by atoms with Crippen LogP contribution >= 0.6 is 0 Å². The summed E-state index contributed by atoms with van der Waals surface area (Å²) in [5.41, 5.74) is 2.81. The first-order valence-corrected chi connectivity index (χ1v) is 7.03. The van der Waals surface area contributed by atoms with Crippen LogP contribution < -0.4 is 0 Å². The van der Waals surface area contributed by atoms with Crippen LogP contribution in [0.3, 0.4) is 0 Å². The Morgan fingerprint density at radius 1 is 1.24 bits per heavy atom. The molecule has 0 aliphatic heterocycles. The maximum absolute atomic E-state index is 4.36. The largest absolute Gasteiger partial charge is 0.0993 e. The molecule has 94 valence electrons. The number of rotatable bonds is 1. The van der Waals surface area contributed by atoms with Gasteiger partial charge in [-0.3, -0.25) is 0 Å². The molecule has 0 aromatic heterocycles. The molecule has 0 nitrogen and oxygen atoms in total. The van der Waals surface area contributed by atoms with Gasteiger partial charge in [-0.25, -0.2) is 0 Å². The van der Waals surface area contributed by atoms with Crippen LogP contribution in [-0.4, -0.2) is 0 Å². The minimum absolute atomic E-state index is 0.674. The highest BCUT2D eigenvalue weighted by molar-refractivity contribution is 5.23. The van der Waals surface area contributed by atoms with Gasteiger partial charge < -0.3 is 0 Å². The van der Waals surface area contributed by atoms with Gasteiger partial charge in [0.2, 0.25) is 0 Å². The third-order valence-electron chi connectivity index (χ3n) is 4.62. The maximum Gasteiger partial charge on any atom is -0.0169 e. The van der Waals surface area contributed by atoms with Gasteiger partial charge in [-0.1, -0.05) is 57.2 Å². The topological polar surface area (TPSA) is 0 Å². The van der Waals surface area contributed by atoms with Crippen molar-refractivity contribution in [1.29, 1.82) is 0 Å². The second-order valence-electron chi connectivity index (χ2n) is 6.44. The van der Waals surface area contributed by atoms with E-state index in [0.29, 0.717) is 17.8 Å². The van der Waals surface area contributed by atoms with Crippen LogP contribution in [0, 0.1) is 29.6 Å². The van der Waals surface area contributed by atoms with Gasteiger partial charge in [0.25, 0.3) is 0 Å². The third kappa shape index (κ3) is 2.91. The average molecular weight is 230 g/mol. The summed E-state index contributed by atoms with van der Waals surface area (Å²) in [6, 6.07) is 0. The predicted molar refractivity (Wildman–Crippen MR) is 75.7 cm³/mol. The van der Waals surface area contributed by atoms with Crippen LogP contribution in [0.2, 0.25) is 0 Å². The molecule has 0 N–H and O–H groups in total. The molecule has 2 aliphatic carbocycles. The first-order valence-electron chi connectivity index (χ1n) is 7.03. The first-order chi connectivity index (χ1) is 7.99. The smallest absolute Gasteiger partial charge is 0.0169 e. The predicted octanol–water partition coefficient (Wildman–Crippen LogP) is 4.99. The Kier molecular flexibility index (Phi) is 3.61. The van der Waals surface area contributed by atoms with Crippen LogP contribution in [0.4, 0.5) is 0 Å². The van der Waals surface area contributed by atoms with Gasteiger partial charge in [-0.05, 0) is 48.9 Å². The minimum Gasteiger partial charge on any atom is -0.0993 e. The van der Waals surface area contributed by atoms with Gasteiger partial charge in [0.05, 0.1) is 0 Å². The van der Waals surface area contributed by atoms with Gasteiger partial charge in [0.15, 0.2) is 0 Å². The Morgan fingerprint density at radius 3 is 2.59 bits per heavy atom. The summed E-state index contributed by atoms with van der Waals surface area (Å²) in [6.45, 7) is 15.5. The van der Waals surface area contributed by atoms with Crippen LogP contribution in [0.25, 0.3) is 0 Å². The normalized spacial score (nSPS) is 40.0. The second kappa shape index (κ2) is 4.84. The zero-order valence-electron chi connectivity index (χ0n) is 11.6. The molecule has 0 aromatic rings. The van der Waals surface area contributed by atoms with Crippen molar-refractivity contribution in [3.8, 4) is 0 Å². The molecule has 0 saturated heterocycles. The number of allylic oxidation sites excluding steroid dienone is 4. The molecule has 17 heavy (non-hydrogen) atoms. The van der Waals surface area contributed by atoms with Crippen molar-refractivity contribution in [2.75, 3.05) is 0 Å². The van der Waals surface area contributed by atoms with Crippen molar-refractivity contribution in [3.05, 3.63) is 36.5 Å².